The van der Waals surface area contributed by atoms with Gasteiger partial charge in [0.25, 0.3) is 5.91 Å². The molecular formula is C20H20N2O3. The molecular weight excluding hydrogens is 316 g/mol. The highest BCUT2D eigenvalue weighted by Crippen LogP contribution is 2.21. The van der Waals surface area contributed by atoms with Crippen LogP contribution in [0.4, 0.5) is 0 Å². The van der Waals surface area contributed by atoms with Crippen molar-refractivity contribution < 1.29 is 14.3 Å². The maximum Gasteiger partial charge on any atom is 0.253 e. The molecule has 2 aromatic carbocycles. The van der Waals surface area contributed by atoms with Crippen LogP contribution in [0, 0.1) is 0 Å². The monoisotopic (exact) mass is 336 g/mol. The van der Waals surface area contributed by atoms with Crippen molar-refractivity contribution in [2.75, 3.05) is 13.7 Å². The van der Waals surface area contributed by atoms with Gasteiger partial charge in [0.15, 0.2) is 0 Å². The normalized spacial score (nSPS) is 10.6. The third-order valence-corrected chi connectivity index (χ3v) is 4.13. The molecule has 0 radical (unpaired) electrons. The van der Waals surface area contributed by atoms with Crippen LogP contribution in [0.3, 0.4) is 0 Å². The number of methoxy groups -OCH3 is 1. The van der Waals surface area contributed by atoms with Crippen LogP contribution in [0.15, 0.2) is 54.7 Å². The number of carbonyl (C=O) groups is 2. The number of amides is 1. The molecule has 5 heteroatoms. The summed E-state index contributed by atoms with van der Waals surface area (Å²) in [4.78, 5) is 24.3. The number of aromatic nitrogens is 1. The zero-order valence-corrected chi connectivity index (χ0v) is 14.3. The second-order valence-electron chi connectivity index (χ2n) is 5.81. The van der Waals surface area contributed by atoms with Crippen molar-refractivity contribution in [2.45, 2.75) is 13.3 Å². The lowest BCUT2D eigenvalue weighted by Crippen LogP contribution is -2.25. The van der Waals surface area contributed by atoms with E-state index in [4.69, 9.17) is 4.74 Å². The van der Waals surface area contributed by atoms with Crippen LogP contribution >= 0.6 is 0 Å². The number of rotatable bonds is 5. The van der Waals surface area contributed by atoms with Gasteiger partial charge in [0.2, 0.25) is 5.91 Å². The van der Waals surface area contributed by atoms with Crippen LogP contribution in [0.1, 0.15) is 27.6 Å². The standard InChI is InChI=1S/C20H20N2O3/c1-14(23)22-13-18(17-8-3-4-9-19(17)22)20(24)21-11-10-15-6-5-7-16(12-15)25-2/h3-9,12-13H,10-11H2,1-2H3,(H,21,24). The SMILES string of the molecule is COc1cccc(CCNC(=O)c2cn(C(C)=O)c3ccccc23)c1. The van der Waals surface area contributed by atoms with Gasteiger partial charge in [0.05, 0.1) is 18.2 Å². The third kappa shape index (κ3) is 3.55. The Hall–Kier alpha value is -3.08. The molecule has 3 aromatic rings. The van der Waals surface area contributed by atoms with E-state index in [1.165, 1.54) is 11.5 Å². The Kier molecular flexibility index (Phi) is 4.84. The number of hydrogen-bond donors (Lipinski definition) is 1. The highest BCUT2D eigenvalue weighted by molar-refractivity contribution is 6.09. The summed E-state index contributed by atoms with van der Waals surface area (Å²) in [6, 6.07) is 15.2. The summed E-state index contributed by atoms with van der Waals surface area (Å²) in [5.74, 6) is 0.499. The summed E-state index contributed by atoms with van der Waals surface area (Å²) >= 11 is 0. The van der Waals surface area contributed by atoms with Gasteiger partial charge in [-0.1, -0.05) is 30.3 Å². The maximum atomic E-state index is 12.5. The molecule has 0 aliphatic rings. The topological polar surface area (TPSA) is 60.3 Å². The minimum Gasteiger partial charge on any atom is -0.497 e. The number of hydrogen-bond acceptors (Lipinski definition) is 3. The van der Waals surface area contributed by atoms with Crippen molar-refractivity contribution in [2.24, 2.45) is 0 Å². The van der Waals surface area contributed by atoms with E-state index in [1.54, 1.807) is 13.3 Å². The summed E-state index contributed by atoms with van der Waals surface area (Å²) in [5.41, 5.74) is 2.34. The summed E-state index contributed by atoms with van der Waals surface area (Å²) in [7, 11) is 1.63. The van der Waals surface area contributed by atoms with Crippen LogP contribution in [-0.2, 0) is 6.42 Å². The van der Waals surface area contributed by atoms with Gasteiger partial charge in [0.1, 0.15) is 5.75 Å². The van der Waals surface area contributed by atoms with E-state index in [1.807, 2.05) is 48.5 Å². The zero-order chi connectivity index (χ0) is 17.8. The Morgan fingerprint density at radius 2 is 1.92 bits per heavy atom. The molecule has 1 aromatic heterocycles. The molecule has 25 heavy (non-hydrogen) atoms. The van der Waals surface area contributed by atoms with Gasteiger partial charge < -0.3 is 10.1 Å². The average molecular weight is 336 g/mol. The highest BCUT2D eigenvalue weighted by Gasteiger charge is 2.16. The first-order chi connectivity index (χ1) is 12.1. The zero-order valence-electron chi connectivity index (χ0n) is 14.3. The van der Waals surface area contributed by atoms with Gasteiger partial charge in [0, 0.05) is 25.1 Å². The molecule has 128 valence electrons. The van der Waals surface area contributed by atoms with E-state index in [9.17, 15) is 9.59 Å². The van der Waals surface area contributed by atoms with E-state index >= 15 is 0 Å². The molecule has 1 amide bonds. The number of benzene rings is 2. The lowest BCUT2D eigenvalue weighted by atomic mass is 10.1. The van der Waals surface area contributed by atoms with Gasteiger partial charge in [-0.15, -0.1) is 0 Å². The van der Waals surface area contributed by atoms with Crippen LogP contribution < -0.4 is 10.1 Å². The fourth-order valence-electron chi connectivity index (χ4n) is 2.86. The van der Waals surface area contributed by atoms with Crippen molar-refractivity contribution in [3.05, 3.63) is 65.9 Å². The highest BCUT2D eigenvalue weighted by atomic mass is 16.5. The minimum atomic E-state index is -0.181. The predicted octanol–water partition coefficient (Wildman–Crippen LogP) is 3.28. The Morgan fingerprint density at radius 3 is 2.68 bits per heavy atom. The predicted molar refractivity (Wildman–Crippen MR) is 97.3 cm³/mol. The first kappa shape index (κ1) is 16.8. The molecule has 0 aliphatic heterocycles. The molecule has 5 nitrogen and oxygen atoms in total. The number of para-hydroxylation sites is 1. The number of nitrogens with zero attached hydrogens (tertiary/aromatic N) is 1. The van der Waals surface area contributed by atoms with Crippen LogP contribution in [-0.4, -0.2) is 30.0 Å². The Bertz CT molecular complexity index is 928. The summed E-state index contributed by atoms with van der Waals surface area (Å²) in [5, 5.41) is 3.70. The van der Waals surface area contributed by atoms with Gasteiger partial charge in [-0.2, -0.15) is 0 Å². The van der Waals surface area contributed by atoms with Gasteiger partial charge in [-0.25, -0.2) is 0 Å². The van der Waals surface area contributed by atoms with Crippen molar-refractivity contribution >= 4 is 22.7 Å². The van der Waals surface area contributed by atoms with Crippen molar-refractivity contribution in [1.29, 1.82) is 0 Å². The van der Waals surface area contributed by atoms with Gasteiger partial charge in [-0.3, -0.25) is 14.2 Å². The summed E-state index contributed by atoms with van der Waals surface area (Å²) < 4.78 is 6.71. The van der Waals surface area contributed by atoms with Gasteiger partial charge in [-0.05, 0) is 30.2 Å². The molecule has 0 atom stereocenters. The molecule has 0 aliphatic carbocycles. The number of ether oxygens (including phenoxy) is 1. The summed E-state index contributed by atoms with van der Waals surface area (Å²) in [6.07, 6.45) is 2.31. The first-order valence-corrected chi connectivity index (χ1v) is 8.12. The molecule has 0 saturated heterocycles. The van der Waals surface area contributed by atoms with Crippen LogP contribution in [0.25, 0.3) is 10.9 Å². The Morgan fingerprint density at radius 1 is 1.12 bits per heavy atom. The fraction of sp³-hybridized carbons (Fsp3) is 0.200. The lowest BCUT2D eigenvalue weighted by molar-refractivity contribution is 0.0941. The molecule has 0 bridgehead atoms. The number of carbonyl (C=O) groups excluding carboxylic acids is 2. The minimum absolute atomic E-state index is 0.119. The molecule has 3 rings (SSSR count). The largest absolute Gasteiger partial charge is 0.497 e. The number of fused-ring (bicyclic) bond motifs is 1. The first-order valence-electron chi connectivity index (χ1n) is 8.12. The lowest BCUT2D eigenvalue weighted by Gasteiger charge is -2.06. The second kappa shape index (κ2) is 7.21. The van der Waals surface area contributed by atoms with E-state index in [-0.39, 0.29) is 11.8 Å². The Balaban J connectivity index is 1.73. The van der Waals surface area contributed by atoms with E-state index in [2.05, 4.69) is 5.32 Å². The second-order valence-corrected chi connectivity index (χ2v) is 5.81. The molecule has 0 spiro atoms. The molecule has 0 fully saturated rings. The van der Waals surface area contributed by atoms with E-state index in [0.29, 0.717) is 18.5 Å². The molecule has 0 saturated carbocycles. The summed E-state index contributed by atoms with van der Waals surface area (Å²) in [6.45, 7) is 1.99. The van der Waals surface area contributed by atoms with Crippen LogP contribution in [0.2, 0.25) is 0 Å². The van der Waals surface area contributed by atoms with Crippen LogP contribution in [0.5, 0.6) is 5.75 Å². The Labute approximate surface area is 146 Å². The smallest absolute Gasteiger partial charge is 0.253 e. The van der Waals surface area contributed by atoms with Gasteiger partial charge >= 0.3 is 0 Å². The van der Waals surface area contributed by atoms with E-state index < -0.39 is 0 Å². The number of nitrogens with one attached hydrogen (secondary N) is 1. The fourth-order valence-corrected chi connectivity index (χ4v) is 2.86. The van der Waals surface area contributed by atoms with Crippen molar-refractivity contribution in [3.8, 4) is 5.75 Å². The maximum absolute atomic E-state index is 12.5. The molecule has 1 N–H and O–H groups in total. The average Bonchev–Trinajstić information content (AvgIpc) is 3.02. The van der Waals surface area contributed by atoms with E-state index in [0.717, 1.165) is 22.2 Å². The third-order valence-electron chi connectivity index (χ3n) is 4.13. The molecule has 1 heterocycles. The quantitative estimate of drug-likeness (QED) is 0.778. The van der Waals surface area contributed by atoms with Crippen molar-refractivity contribution in [3.63, 3.8) is 0 Å². The molecule has 0 unspecified atom stereocenters. The van der Waals surface area contributed by atoms with Crippen molar-refractivity contribution in [1.82, 2.24) is 9.88 Å².